The monoisotopic (exact) mass is 577 g/mol. The van der Waals surface area contributed by atoms with Crippen molar-refractivity contribution in [3.63, 3.8) is 0 Å². The number of hydrogen-bond acceptors (Lipinski definition) is 6. The van der Waals surface area contributed by atoms with E-state index in [1.807, 2.05) is 30.3 Å². The average Bonchev–Trinajstić information content (AvgIpc) is 3.61. The molecule has 6 aromatic rings. The largest absolute Gasteiger partial charge is 0.491 e. The molecule has 0 unspecified atom stereocenters. The van der Waals surface area contributed by atoms with Gasteiger partial charge in [-0.1, -0.05) is 52.7 Å². The Balaban J connectivity index is 1.47. The molecule has 0 saturated carbocycles. The molecule has 0 aliphatic carbocycles. The smallest absolute Gasteiger partial charge is 0.291 e. The van der Waals surface area contributed by atoms with E-state index in [1.165, 1.54) is 21.9 Å². The van der Waals surface area contributed by atoms with Crippen LogP contribution >= 0.6 is 34.5 Å². The highest BCUT2D eigenvalue weighted by molar-refractivity contribution is 7.15. The van der Waals surface area contributed by atoms with Crippen molar-refractivity contribution in [3.8, 4) is 34.1 Å². The first-order valence-corrected chi connectivity index (χ1v) is 13.4. The summed E-state index contributed by atoms with van der Waals surface area (Å²) >= 11 is 13.5. The van der Waals surface area contributed by atoms with Crippen molar-refractivity contribution in [2.75, 3.05) is 6.61 Å². The Morgan fingerprint density at radius 2 is 1.87 bits per heavy atom. The lowest BCUT2D eigenvalue weighted by atomic mass is 10.1. The Kier molecular flexibility index (Phi) is 6.64. The second-order valence-electron chi connectivity index (χ2n) is 8.46. The van der Waals surface area contributed by atoms with Gasteiger partial charge < -0.3 is 4.74 Å². The minimum atomic E-state index is -0.494. The van der Waals surface area contributed by atoms with Gasteiger partial charge in [0, 0.05) is 27.9 Å². The van der Waals surface area contributed by atoms with E-state index in [0.717, 1.165) is 5.69 Å². The quantitative estimate of drug-likeness (QED) is 0.240. The topological polar surface area (TPSA) is 74.3 Å². The molecule has 0 aliphatic heterocycles. The molecular weight excluding hydrogens is 560 g/mol. The lowest BCUT2D eigenvalue weighted by molar-refractivity contribution is 0.321. The van der Waals surface area contributed by atoms with Crippen LogP contribution in [0.15, 0.2) is 77.7 Å². The number of nitrogens with zero attached hydrogens (tertiary/aromatic N) is 5. The molecule has 39 heavy (non-hydrogen) atoms. The van der Waals surface area contributed by atoms with Gasteiger partial charge in [0.25, 0.3) is 5.56 Å². The number of aromatic nitrogens is 5. The summed E-state index contributed by atoms with van der Waals surface area (Å²) in [6, 6.07) is 19.2. The zero-order valence-corrected chi connectivity index (χ0v) is 22.6. The van der Waals surface area contributed by atoms with E-state index < -0.39 is 5.82 Å². The SMILES string of the molecule is CCOc1ccc(-c2nn(-c3ccccc3)cc2C=c2sc3nc(-c4ccc(Cl)cc4Cl)nn3c2=O)cc1F. The number of thiazole rings is 1. The minimum Gasteiger partial charge on any atom is -0.491 e. The molecule has 0 saturated heterocycles. The molecule has 0 aliphatic rings. The van der Waals surface area contributed by atoms with Gasteiger partial charge in [0.1, 0.15) is 5.69 Å². The van der Waals surface area contributed by atoms with Crippen molar-refractivity contribution in [1.29, 1.82) is 0 Å². The summed E-state index contributed by atoms with van der Waals surface area (Å²) in [5.41, 5.74) is 2.74. The molecule has 3 aromatic heterocycles. The van der Waals surface area contributed by atoms with Crippen LogP contribution in [0.1, 0.15) is 12.5 Å². The Morgan fingerprint density at radius 3 is 2.59 bits per heavy atom. The molecule has 7 nitrogen and oxygen atoms in total. The first kappa shape index (κ1) is 25.2. The summed E-state index contributed by atoms with van der Waals surface area (Å²) in [6.45, 7) is 2.15. The molecule has 0 amide bonds. The molecule has 3 aromatic carbocycles. The number of para-hydroxylation sites is 1. The standard InChI is InChI=1S/C28H18Cl2FN5O2S/c1-2-38-23-11-8-16(12-22(23)31)25-17(15-35(33-25)19-6-4-3-5-7-19)13-24-27(37)36-28(39-24)32-26(34-36)20-10-9-18(29)14-21(20)30/h3-15H,2H2,1H3. The minimum absolute atomic E-state index is 0.165. The van der Waals surface area contributed by atoms with E-state index in [0.29, 0.717) is 54.4 Å². The van der Waals surface area contributed by atoms with Crippen LogP contribution in [0.5, 0.6) is 5.75 Å². The predicted octanol–water partition coefficient (Wildman–Crippen LogP) is 6.06. The molecule has 0 fully saturated rings. The summed E-state index contributed by atoms with van der Waals surface area (Å²) < 4.78 is 23.4. The number of fused-ring (bicyclic) bond motifs is 1. The highest BCUT2D eigenvalue weighted by atomic mass is 35.5. The molecule has 6 rings (SSSR count). The summed E-state index contributed by atoms with van der Waals surface area (Å²) in [5, 5.41) is 9.98. The maximum atomic E-state index is 14.7. The van der Waals surface area contributed by atoms with Gasteiger partial charge in [0.15, 0.2) is 17.4 Å². The maximum Gasteiger partial charge on any atom is 0.291 e. The third kappa shape index (κ3) is 4.80. The Labute approximate surface area is 235 Å². The van der Waals surface area contributed by atoms with Crippen LogP contribution in [0.25, 0.3) is 39.4 Å². The summed E-state index contributed by atoms with van der Waals surface area (Å²) in [7, 11) is 0. The summed E-state index contributed by atoms with van der Waals surface area (Å²) in [6.07, 6.45) is 3.52. The van der Waals surface area contributed by atoms with Gasteiger partial charge in [-0.25, -0.2) is 9.07 Å². The van der Waals surface area contributed by atoms with Crippen molar-refractivity contribution < 1.29 is 9.13 Å². The van der Waals surface area contributed by atoms with E-state index in [2.05, 4.69) is 10.1 Å². The normalized spacial score (nSPS) is 11.9. The number of hydrogen-bond donors (Lipinski definition) is 0. The van der Waals surface area contributed by atoms with E-state index in [4.69, 9.17) is 33.0 Å². The first-order valence-electron chi connectivity index (χ1n) is 11.9. The number of ether oxygens (including phenoxy) is 1. The van der Waals surface area contributed by atoms with Gasteiger partial charge in [-0.3, -0.25) is 4.79 Å². The van der Waals surface area contributed by atoms with Crippen molar-refractivity contribution in [2.45, 2.75) is 6.92 Å². The summed E-state index contributed by atoms with van der Waals surface area (Å²) in [5.74, 6) is -0.00135. The van der Waals surface area contributed by atoms with E-state index >= 15 is 0 Å². The fourth-order valence-corrected chi connectivity index (χ4v) is 5.50. The number of benzene rings is 3. The average molecular weight is 578 g/mol. The van der Waals surface area contributed by atoms with Crippen LogP contribution < -0.4 is 14.8 Å². The Hall–Kier alpha value is -4.05. The molecule has 0 spiro atoms. The zero-order valence-electron chi connectivity index (χ0n) is 20.3. The van der Waals surface area contributed by atoms with Crippen LogP contribution in [0.4, 0.5) is 4.39 Å². The fourth-order valence-electron chi connectivity index (χ4n) is 4.11. The Morgan fingerprint density at radius 1 is 1.05 bits per heavy atom. The highest BCUT2D eigenvalue weighted by Gasteiger charge is 2.17. The molecule has 0 N–H and O–H groups in total. The van der Waals surface area contributed by atoms with Gasteiger partial charge in [0.05, 0.1) is 21.8 Å². The number of rotatable bonds is 6. The second-order valence-corrected chi connectivity index (χ2v) is 10.3. The Bertz CT molecular complexity index is 1950. The molecule has 11 heteroatoms. The first-order chi connectivity index (χ1) is 18.9. The molecule has 0 radical (unpaired) electrons. The van der Waals surface area contributed by atoms with E-state index in [-0.39, 0.29) is 11.3 Å². The molecule has 3 heterocycles. The van der Waals surface area contributed by atoms with Gasteiger partial charge in [0.2, 0.25) is 4.96 Å². The highest BCUT2D eigenvalue weighted by Crippen LogP contribution is 2.30. The van der Waals surface area contributed by atoms with Crippen molar-refractivity contribution in [2.24, 2.45) is 0 Å². The van der Waals surface area contributed by atoms with E-state index in [1.54, 1.807) is 54.2 Å². The lowest BCUT2D eigenvalue weighted by Gasteiger charge is -2.06. The van der Waals surface area contributed by atoms with E-state index in [9.17, 15) is 9.18 Å². The van der Waals surface area contributed by atoms with Gasteiger partial charge in [-0.15, -0.1) is 5.10 Å². The third-order valence-corrected chi connectivity index (χ3v) is 7.42. The second kappa shape index (κ2) is 10.3. The third-order valence-electron chi connectivity index (χ3n) is 5.91. The van der Waals surface area contributed by atoms with Crippen molar-refractivity contribution >= 4 is 45.6 Å². The van der Waals surface area contributed by atoms with Gasteiger partial charge in [-0.2, -0.15) is 14.6 Å². The maximum absolute atomic E-state index is 14.7. The molecule has 0 atom stereocenters. The number of halogens is 3. The van der Waals surface area contributed by atoms with Crippen LogP contribution in [0.3, 0.4) is 0 Å². The van der Waals surface area contributed by atoms with Crippen LogP contribution in [0.2, 0.25) is 10.0 Å². The van der Waals surface area contributed by atoms with Crippen molar-refractivity contribution in [1.82, 2.24) is 24.4 Å². The van der Waals surface area contributed by atoms with Crippen LogP contribution in [-0.2, 0) is 0 Å². The predicted molar refractivity (Wildman–Crippen MR) is 152 cm³/mol. The molecular formula is C28H18Cl2FN5O2S. The van der Waals surface area contributed by atoms with Crippen molar-refractivity contribution in [3.05, 3.63) is 109 Å². The van der Waals surface area contributed by atoms with Crippen LogP contribution in [-0.4, -0.2) is 31.0 Å². The lowest BCUT2D eigenvalue weighted by Crippen LogP contribution is -2.23. The fraction of sp³-hybridized carbons (Fsp3) is 0.0714. The molecule has 194 valence electrons. The molecule has 0 bridgehead atoms. The van der Waals surface area contributed by atoms with Gasteiger partial charge >= 0.3 is 0 Å². The zero-order chi connectivity index (χ0) is 27.1. The van der Waals surface area contributed by atoms with Gasteiger partial charge in [-0.05, 0) is 61.5 Å². The van der Waals surface area contributed by atoms with Crippen LogP contribution in [0, 0.1) is 5.82 Å². The summed E-state index contributed by atoms with van der Waals surface area (Å²) in [4.78, 5) is 18.2.